The number of H-pyrrole nitrogens is 1. The minimum absolute atomic E-state index is 0.666. The van der Waals surface area contributed by atoms with E-state index in [1.807, 2.05) is 12.1 Å². The molecule has 1 aromatic heterocycles. The maximum atomic E-state index is 11.1. The molecule has 1 N–H and O–H groups in total. The summed E-state index contributed by atoms with van der Waals surface area (Å²) < 4.78 is 0. The predicted octanol–water partition coefficient (Wildman–Crippen LogP) is 5.57. The van der Waals surface area contributed by atoms with Gasteiger partial charge < -0.3 is 4.98 Å². The zero-order chi connectivity index (χ0) is 15.1. The maximum absolute atomic E-state index is 11.1. The summed E-state index contributed by atoms with van der Waals surface area (Å²) in [7, 11) is 0. The SMILES string of the molecule is O=Cc1c[nH]c2cc(Cl)c(-c3ccc(C4CCC4)cc3)cc12. The Morgan fingerprint density at radius 3 is 2.55 bits per heavy atom. The molecule has 1 saturated carbocycles. The molecule has 0 amide bonds. The van der Waals surface area contributed by atoms with E-state index < -0.39 is 0 Å². The zero-order valence-corrected chi connectivity index (χ0v) is 12.9. The van der Waals surface area contributed by atoms with Crippen LogP contribution >= 0.6 is 11.6 Å². The van der Waals surface area contributed by atoms with Gasteiger partial charge in [0.15, 0.2) is 6.29 Å². The molecule has 1 aliphatic rings. The highest BCUT2D eigenvalue weighted by molar-refractivity contribution is 6.34. The van der Waals surface area contributed by atoms with Gasteiger partial charge in [-0.1, -0.05) is 42.3 Å². The number of fused-ring (bicyclic) bond motifs is 1. The van der Waals surface area contributed by atoms with Crippen molar-refractivity contribution in [2.75, 3.05) is 0 Å². The number of aldehydes is 1. The van der Waals surface area contributed by atoms with Gasteiger partial charge in [-0.25, -0.2) is 0 Å². The monoisotopic (exact) mass is 309 g/mol. The fourth-order valence-electron chi connectivity index (χ4n) is 3.16. The third-order valence-electron chi connectivity index (χ3n) is 4.73. The Balaban J connectivity index is 1.78. The van der Waals surface area contributed by atoms with Crippen LogP contribution in [0.4, 0.5) is 0 Å². The third kappa shape index (κ3) is 2.15. The summed E-state index contributed by atoms with van der Waals surface area (Å²) in [5, 5.41) is 1.61. The average Bonchev–Trinajstić information content (AvgIpc) is 2.87. The number of halogens is 1. The van der Waals surface area contributed by atoms with E-state index in [4.69, 9.17) is 11.6 Å². The van der Waals surface area contributed by atoms with Gasteiger partial charge in [-0.2, -0.15) is 0 Å². The molecule has 3 aromatic rings. The Hall–Kier alpha value is -2.06. The maximum Gasteiger partial charge on any atom is 0.152 e. The quantitative estimate of drug-likeness (QED) is 0.630. The molecule has 2 nitrogen and oxygen atoms in total. The summed E-state index contributed by atoms with van der Waals surface area (Å²) in [6.45, 7) is 0. The number of carbonyl (C=O) groups excluding carboxylic acids is 1. The molecular weight excluding hydrogens is 294 g/mol. The van der Waals surface area contributed by atoms with Crippen LogP contribution in [0.15, 0.2) is 42.6 Å². The van der Waals surface area contributed by atoms with Crippen LogP contribution in [0.2, 0.25) is 5.02 Å². The van der Waals surface area contributed by atoms with Gasteiger partial charge in [0.05, 0.1) is 5.02 Å². The first-order chi connectivity index (χ1) is 10.8. The van der Waals surface area contributed by atoms with E-state index in [9.17, 15) is 4.79 Å². The number of hydrogen-bond acceptors (Lipinski definition) is 1. The van der Waals surface area contributed by atoms with Crippen LogP contribution in [-0.2, 0) is 0 Å². The first-order valence-electron chi connectivity index (χ1n) is 7.62. The molecule has 1 aliphatic carbocycles. The first-order valence-corrected chi connectivity index (χ1v) is 8.00. The second-order valence-corrected chi connectivity index (χ2v) is 6.40. The van der Waals surface area contributed by atoms with Crippen molar-refractivity contribution < 1.29 is 4.79 Å². The first kappa shape index (κ1) is 13.6. The van der Waals surface area contributed by atoms with Gasteiger partial charge in [-0.3, -0.25) is 4.79 Å². The second-order valence-electron chi connectivity index (χ2n) is 5.99. The van der Waals surface area contributed by atoms with Crippen LogP contribution in [0.5, 0.6) is 0 Å². The van der Waals surface area contributed by atoms with Gasteiger partial charge in [0, 0.05) is 28.2 Å². The lowest BCUT2D eigenvalue weighted by atomic mass is 9.80. The summed E-state index contributed by atoms with van der Waals surface area (Å²) in [4.78, 5) is 14.2. The number of rotatable bonds is 3. The minimum atomic E-state index is 0.666. The summed E-state index contributed by atoms with van der Waals surface area (Å²) in [5.74, 6) is 0.735. The van der Waals surface area contributed by atoms with Crippen molar-refractivity contribution >= 4 is 28.8 Å². The molecule has 4 rings (SSSR count). The Morgan fingerprint density at radius 1 is 1.14 bits per heavy atom. The lowest BCUT2D eigenvalue weighted by Crippen LogP contribution is -2.08. The van der Waals surface area contributed by atoms with Crippen molar-refractivity contribution in [2.45, 2.75) is 25.2 Å². The highest BCUT2D eigenvalue weighted by Gasteiger charge is 2.19. The molecule has 0 radical (unpaired) electrons. The highest BCUT2D eigenvalue weighted by Crippen LogP contribution is 2.38. The summed E-state index contributed by atoms with van der Waals surface area (Å²) >= 11 is 6.42. The van der Waals surface area contributed by atoms with Crippen molar-refractivity contribution in [1.29, 1.82) is 0 Å². The van der Waals surface area contributed by atoms with Gasteiger partial charge in [-0.05, 0) is 42.0 Å². The van der Waals surface area contributed by atoms with Crippen molar-refractivity contribution in [3.63, 3.8) is 0 Å². The van der Waals surface area contributed by atoms with E-state index in [0.29, 0.717) is 10.6 Å². The molecular formula is C19H16ClNO. The van der Waals surface area contributed by atoms with Gasteiger partial charge in [-0.15, -0.1) is 0 Å². The zero-order valence-electron chi connectivity index (χ0n) is 12.1. The molecule has 3 heteroatoms. The molecule has 22 heavy (non-hydrogen) atoms. The van der Waals surface area contributed by atoms with Gasteiger partial charge in [0.25, 0.3) is 0 Å². The molecule has 0 bridgehead atoms. The average molecular weight is 310 g/mol. The predicted molar refractivity (Wildman–Crippen MR) is 90.7 cm³/mol. The van der Waals surface area contributed by atoms with E-state index >= 15 is 0 Å². The topological polar surface area (TPSA) is 32.9 Å². The molecule has 2 aromatic carbocycles. The number of nitrogens with one attached hydrogen (secondary N) is 1. The fraction of sp³-hybridized carbons (Fsp3) is 0.211. The Morgan fingerprint density at radius 2 is 1.91 bits per heavy atom. The molecule has 0 spiro atoms. The number of aromatic nitrogens is 1. The molecule has 0 atom stereocenters. The van der Waals surface area contributed by atoms with Crippen molar-refractivity contribution in [3.05, 3.63) is 58.7 Å². The van der Waals surface area contributed by atoms with Crippen molar-refractivity contribution in [1.82, 2.24) is 4.98 Å². The van der Waals surface area contributed by atoms with Gasteiger partial charge >= 0.3 is 0 Å². The summed E-state index contributed by atoms with van der Waals surface area (Å²) in [6, 6.07) is 12.6. The van der Waals surface area contributed by atoms with Crippen LogP contribution in [-0.4, -0.2) is 11.3 Å². The van der Waals surface area contributed by atoms with Crippen molar-refractivity contribution in [3.8, 4) is 11.1 Å². The normalized spacial score (nSPS) is 15.0. The largest absolute Gasteiger partial charge is 0.360 e. The standard InChI is InChI=1S/C19H16ClNO/c20-18-9-19-17(15(11-22)10-21-19)8-16(18)14-6-4-13(5-7-14)12-2-1-3-12/h4-12,21H,1-3H2. The van der Waals surface area contributed by atoms with E-state index in [1.54, 1.807) is 6.20 Å². The Bertz CT molecular complexity index is 844. The smallest absolute Gasteiger partial charge is 0.152 e. The minimum Gasteiger partial charge on any atom is -0.360 e. The van der Waals surface area contributed by atoms with Crippen LogP contribution in [0, 0.1) is 0 Å². The van der Waals surface area contributed by atoms with Crippen molar-refractivity contribution in [2.24, 2.45) is 0 Å². The Kier molecular flexibility index (Phi) is 3.27. The van der Waals surface area contributed by atoms with Crippen LogP contribution in [0.3, 0.4) is 0 Å². The third-order valence-corrected chi connectivity index (χ3v) is 5.04. The number of benzene rings is 2. The molecule has 0 unspecified atom stereocenters. The number of carbonyl (C=O) groups is 1. The van der Waals surface area contributed by atoms with E-state index in [0.717, 1.165) is 34.2 Å². The van der Waals surface area contributed by atoms with Gasteiger partial charge in [0.1, 0.15) is 0 Å². The van der Waals surface area contributed by atoms with Gasteiger partial charge in [0.2, 0.25) is 0 Å². The van der Waals surface area contributed by atoms with Crippen LogP contribution in [0.25, 0.3) is 22.0 Å². The number of hydrogen-bond donors (Lipinski definition) is 1. The molecule has 110 valence electrons. The Labute approximate surface area is 134 Å². The van der Waals surface area contributed by atoms with E-state index in [2.05, 4.69) is 29.2 Å². The fourth-order valence-corrected chi connectivity index (χ4v) is 3.43. The lowest BCUT2D eigenvalue weighted by Gasteiger charge is -2.25. The van der Waals surface area contributed by atoms with Crippen LogP contribution < -0.4 is 0 Å². The molecule has 0 saturated heterocycles. The highest BCUT2D eigenvalue weighted by atomic mass is 35.5. The molecule has 0 aliphatic heterocycles. The molecule has 1 fully saturated rings. The summed E-state index contributed by atoms with van der Waals surface area (Å²) in [5.41, 5.74) is 5.04. The lowest BCUT2D eigenvalue weighted by molar-refractivity contribution is 0.112. The molecule has 1 heterocycles. The van der Waals surface area contributed by atoms with Crippen LogP contribution in [0.1, 0.15) is 41.1 Å². The summed E-state index contributed by atoms with van der Waals surface area (Å²) in [6.07, 6.45) is 6.54. The van der Waals surface area contributed by atoms with E-state index in [-0.39, 0.29) is 0 Å². The second kappa shape index (κ2) is 5.29. The van der Waals surface area contributed by atoms with E-state index in [1.165, 1.54) is 24.8 Å². The number of aromatic amines is 1.